The van der Waals surface area contributed by atoms with Gasteiger partial charge < -0.3 is 15.8 Å². The van der Waals surface area contributed by atoms with Gasteiger partial charge >= 0.3 is 6.18 Å². The first kappa shape index (κ1) is 24.0. The van der Waals surface area contributed by atoms with Crippen molar-refractivity contribution >= 4 is 30.0 Å². The molecule has 1 heterocycles. The molecular formula is C18H21Cl2F3N6O. The third-order valence-corrected chi connectivity index (χ3v) is 4.58. The van der Waals surface area contributed by atoms with E-state index >= 15 is 0 Å². The van der Waals surface area contributed by atoms with Gasteiger partial charge in [0.1, 0.15) is 12.4 Å². The molecule has 7 N–H and O–H groups in total. The molecule has 0 bridgehead atoms. The molecule has 1 aliphatic heterocycles. The summed E-state index contributed by atoms with van der Waals surface area (Å²) in [7, 11) is 1.79. The van der Waals surface area contributed by atoms with Crippen LogP contribution in [0.4, 0.5) is 13.2 Å². The number of hydrogen-bond donors (Lipinski definition) is 5. The zero-order chi connectivity index (χ0) is 21.2. The molecule has 0 saturated carbocycles. The number of ether oxygens (including phenoxy) is 1. The molecule has 7 nitrogen and oxygen atoms in total. The molecular weight excluding hydrogens is 444 g/mol. The standard InChI is InChI=1S/C18H20ClF3N6O.ClH/c1-25-6-7-29-12-4-2-10(3-5-12)15-13(17(20,21)22)8-11(9-14(15)19)18(24)26-16(23)27-28-18;/h2-5,8-9,25,28H,6-7,24H2,1H3,(H3,23,26,27);1H. The fraction of sp³-hybridized carbons (Fsp3) is 0.278. The monoisotopic (exact) mass is 464 g/mol. The van der Waals surface area contributed by atoms with E-state index in [1.165, 1.54) is 18.2 Å². The minimum atomic E-state index is -4.67. The molecule has 0 aliphatic carbocycles. The Kier molecular flexibility index (Phi) is 7.43. The quantitative estimate of drug-likeness (QED) is 0.420. The number of nitrogens with two attached hydrogens (primary N) is 2. The van der Waals surface area contributed by atoms with E-state index in [9.17, 15) is 13.2 Å². The van der Waals surface area contributed by atoms with E-state index in [2.05, 4.69) is 21.2 Å². The Morgan fingerprint density at radius 2 is 1.90 bits per heavy atom. The molecule has 30 heavy (non-hydrogen) atoms. The van der Waals surface area contributed by atoms with Crippen LogP contribution in [0.2, 0.25) is 5.02 Å². The van der Waals surface area contributed by atoms with Crippen molar-refractivity contribution < 1.29 is 17.9 Å². The Balaban J connectivity index is 0.00000320. The minimum absolute atomic E-state index is 0. The molecule has 0 saturated heterocycles. The van der Waals surface area contributed by atoms with Crippen molar-refractivity contribution in [3.05, 3.63) is 52.5 Å². The molecule has 0 aromatic heterocycles. The van der Waals surface area contributed by atoms with E-state index in [4.69, 9.17) is 27.8 Å². The summed E-state index contributed by atoms with van der Waals surface area (Å²) in [6, 6.07) is 8.47. The van der Waals surface area contributed by atoms with Crippen LogP contribution in [0.25, 0.3) is 11.1 Å². The first-order valence-corrected chi connectivity index (χ1v) is 8.98. The van der Waals surface area contributed by atoms with Gasteiger partial charge in [-0.15, -0.1) is 12.4 Å². The number of hydrazine groups is 1. The summed E-state index contributed by atoms with van der Waals surface area (Å²) in [5, 5.41) is 2.82. The average Bonchev–Trinajstić information content (AvgIpc) is 3.01. The van der Waals surface area contributed by atoms with Gasteiger partial charge in [0, 0.05) is 22.7 Å². The second-order valence-corrected chi connectivity index (χ2v) is 6.78. The maximum absolute atomic E-state index is 13.8. The Morgan fingerprint density at radius 1 is 1.23 bits per heavy atom. The van der Waals surface area contributed by atoms with E-state index in [1.54, 1.807) is 19.2 Å². The fourth-order valence-corrected chi connectivity index (χ4v) is 3.20. The van der Waals surface area contributed by atoms with Gasteiger partial charge in [0.25, 0.3) is 0 Å². The Hall–Kier alpha value is -2.24. The molecule has 12 heteroatoms. The normalized spacial score (nSPS) is 18.4. The number of nitrogens with zero attached hydrogens (tertiary/aromatic N) is 1. The maximum Gasteiger partial charge on any atom is 0.417 e. The van der Waals surface area contributed by atoms with Crippen LogP contribution in [0.1, 0.15) is 11.1 Å². The van der Waals surface area contributed by atoms with Gasteiger partial charge in [-0.1, -0.05) is 23.7 Å². The summed E-state index contributed by atoms with van der Waals surface area (Å²) >= 11 is 6.27. The smallest absolute Gasteiger partial charge is 0.417 e. The van der Waals surface area contributed by atoms with Gasteiger partial charge in [0.15, 0.2) is 0 Å². The second kappa shape index (κ2) is 9.27. The molecule has 0 radical (unpaired) electrons. The van der Waals surface area contributed by atoms with Gasteiger partial charge in [-0.05, 0) is 36.9 Å². The van der Waals surface area contributed by atoms with Gasteiger partial charge in [0.05, 0.1) is 5.56 Å². The summed E-state index contributed by atoms with van der Waals surface area (Å²) in [4.78, 5) is 3.91. The van der Waals surface area contributed by atoms with Crippen LogP contribution in [0.15, 0.2) is 41.4 Å². The number of hydrogen-bond acceptors (Lipinski definition) is 7. The third-order valence-electron chi connectivity index (χ3n) is 4.28. The molecule has 0 spiro atoms. The largest absolute Gasteiger partial charge is 0.492 e. The molecule has 1 atom stereocenters. The first-order valence-electron chi connectivity index (χ1n) is 8.60. The van der Waals surface area contributed by atoms with E-state index in [0.29, 0.717) is 24.5 Å². The van der Waals surface area contributed by atoms with Gasteiger partial charge in [-0.25, -0.2) is 4.99 Å². The van der Waals surface area contributed by atoms with Gasteiger partial charge in [-0.3, -0.25) is 11.2 Å². The minimum Gasteiger partial charge on any atom is -0.492 e. The molecule has 1 aliphatic rings. The van der Waals surface area contributed by atoms with E-state index < -0.39 is 17.5 Å². The SMILES string of the molecule is CNCCOc1ccc(-c2c(Cl)cc(C3(N)N=C(N)NN3)cc2C(F)(F)F)cc1.Cl. The highest BCUT2D eigenvalue weighted by Gasteiger charge is 2.39. The van der Waals surface area contributed by atoms with Crippen LogP contribution >= 0.6 is 24.0 Å². The predicted octanol–water partition coefficient (Wildman–Crippen LogP) is 2.54. The van der Waals surface area contributed by atoms with Crippen LogP contribution in [0.5, 0.6) is 5.75 Å². The molecule has 164 valence electrons. The molecule has 0 amide bonds. The second-order valence-electron chi connectivity index (χ2n) is 6.37. The highest BCUT2D eigenvalue weighted by Crippen LogP contribution is 2.43. The Labute approximate surface area is 182 Å². The molecule has 0 fully saturated rings. The van der Waals surface area contributed by atoms with Crippen molar-refractivity contribution in [1.82, 2.24) is 16.2 Å². The topological polar surface area (TPSA) is 110 Å². The third kappa shape index (κ3) is 5.08. The first-order chi connectivity index (χ1) is 13.6. The summed E-state index contributed by atoms with van der Waals surface area (Å²) in [6.07, 6.45) is -4.67. The van der Waals surface area contributed by atoms with E-state index in [0.717, 1.165) is 6.07 Å². The zero-order valence-corrected chi connectivity index (χ0v) is 17.4. The number of aliphatic imine (C=N–C) groups is 1. The number of benzene rings is 2. The molecule has 2 aromatic carbocycles. The number of alkyl halides is 3. The predicted molar refractivity (Wildman–Crippen MR) is 112 cm³/mol. The highest BCUT2D eigenvalue weighted by atomic mass is 35.5. The number of likely N-dealkylation sites (N-methyl/N-ethyl adjacent to an activating group) is 1. The lowest BCUT2D eigenvalue weighted by atomic mass is 9.95. The molecule has 1 unspecified atom stereocenters. The summed E-state index contributed by atoms with van der Waals surface area (Å²) in [5.41, 5.74) is 15.8. The highest BCUT2D eigenvalue weighted by molar-refractivity contribution is 6.33. The van der Waals surface area contributed by atoms with Gasteiger partial charge in [0.2, 0.25) is 11.7 Å². The van der Waals surface area contributed by atoms with Crippen molar-refractivity contribution in [2.45, 2.75) is 12.0 Å². The Morgan fingerprint density at radius 3 is 2.43 bits per heavy atom. The van der Waals surface area contributed by atoms with E-state index in [-0.39, 0.29) is 34.5 Å². The fourth-order valence-electron chi connectivity index (χ4n) is 2.87. The molecule has 3 rings (SSSR count). The van der Waals surface area contributed by atoms with Gasteiger partial charge in [-0.2, -0.15) is 18.6 Å². The maximum atomic E-state index is 13.8. The summed E-state index contributed by atoms with van der Waals surface area (Å²) < 4.78 is 47.0. The number of halogens is 5. The van der Waals surface area contributed by atoms with Crippen LogP contribution in [0, 0.1) is 0 Å². The lowest BCUT2D eigenvalue weighted by molar-refractivity contribution is -0.137. The number of rotatable bonds is 6. The lowest BCUT2D eigenvalue weighted by Crippen LogP contribution is -2.50. The van der Waals surface area contributed by atoms with Crippen LogP contribution in [-0.2, 0) is 12.0 Å². The summed E-state index contributed by atoms with van der Waals surface area (Å²) in [6.45, 7) is 1.08. The van der Waals surface area contributed by atoms with Crippen molar-refractivity contribution in [1.29, 1.82) is 0 Å². The van der Waals surface area contributed by atoms with E-state index in [1.807, 2.05) is 0 Å². The van der Waals surface area contributed by atoms with Crippen LogP contribution < -0.4 is 32.4 Å². The van der Waals surface area contributed by atoms with Crippen LogP contribution in [0.3, 0.4) is 0 Å². The molecule has 2 aromatic rings. The zero-order valence-electron chi connectivity index (χ0n) is 15.8. The average molecular weight is 465 g/mol. The Bertz CT molecular complexity index is 923. The number of guanidine groups is 1. The van der Waals surface area contributed by atoms with Crippen molar-refractivity contribution in [3.8, 4) is 16.9 Å². The summed E-state index contributed by atoms with van der Waals surface area (Å²) in [5.74, 6) is -1.18. The van der Waals surface area contributed by atoms with Crippen molar-refractivity contribution in [2.24, 2.45) is 16.5 Å². The lowest BCUT2D eigenvalue weighted by Gasteiger charge is -2.24. The number of nitrogens with one attached hydrogen (secondary N) is 3. The van der Waals surface area contributed by atoms with Crippen LogP contribution in [-0.4, -0.2) is 26.2 Å². The van der Waals surface area contributed by atoms with Crippen molar-refractivity contribution in [2.75, 3.05) is 20.2 Å². The van der Waals surface area contributed by atoms with Crippen molar-refractivity contribution in [3.63, 3.8) is 0 Å².